The van der Waals surface area contributed by atoms with Gasteiger partial charge in [0.25, 0.3) is 0 Å². The van der Waals surface area contributed by atoms with Crippen LogP contribution in [0.5, 0.6) is 0 Å². The number of halogens is 2. The number of hydrogen-bond acceptors (Lipinski definition) is 7. The van der Waals surface area contributed by atoms with Gasteiger partial charge in [-0.3, -0.25) is 0 Å². The molecule has 2 aliphatic carbocycles. The second kappa shape index (κ2) is 12.7. The zero-order chi connectivity index (χ0) is 27.2. The molecule has 2 saturated carbocycles. The summed E-state index contributed by atoms with van der Waals surface area (Å²) in [7, 11) is 0. The summed E-state index contributed by atoms with van der Waals surface area (Å²) in [5.41, 5.74) is 2.29. The van der Waals surface area contributed by atoms with Gasteiger partial charge in [0.15, 0.2) is 0 Å². The monoisotopic (exact) mass is 542 g/mol. The first kappa shape index (κ1) is 27.2. The number of aliphatic hydroxyl groups is 1. The second-order valence-electron chi connectivity index (χ2n) is 10.6. The van der Waals surface area contributed by atoms with Crippen molar-refractivity contribution in [1.29, 1.82) is 0 Å². The molecule has 3 fully saturated rings. The Morgan fingerprint density at radius 3 is 2.41 bits per heavy atom. The molecule has 0 radical (unpaired) electrons. The van der Waals surface area contributed by atoms with Gasteiger partial charge in [-0.05, 0) is 74.0 Å². The number of carbonyl (C=O) groups excluding carboxylic acids is 1. The highest BCUT2D eigenvalue weighted by atomic mass is 19.1. The molecule has 0 atom stereocenters. The maximum absolute atomic E-state index is 14.8. The summed E-state index contributed by atoms with van der Waals surface area (Å²) in [5, 5.41) is 18.0. The second-order valence-corrected chi connectivity index (χ2v) is 10.6. The lowest BCUT2D eigenvalue weighted by Gasteiger charge is -2.31. The minimum Gasteiger partial charge on any atom is -0.396 e. The average Bonchev–Trinajstić information content (AvgIpc) is 3.80. The first-order valence-corrected chi connectivity index (χ1v) is 13.9. The van der Waals surface area contributed by atoms with E-state index in [1.807, 2.05) is 12.4 Å². The number of rotatable bonds is 9. The van der Waals surface area contributed by atoms with Gasteiger partial charge in [-0.1, -0.05) is 5.16 Å². The van der Waals surface area contributed by atoms with E-state index in [1.165, 1.54) is 24.5 Å². The Morgan fingerprint density at radius 2 is 1.74 bits per heavy atom. The number of benzene rings is 1. The fraction of sp³-hybridized carbons (Fsp3) is 0.571. The molecule has 1 aromatic carbocycles. The van der Waals surface area contributed by atoms with E-state index in [9.17, 15) is 13.6 Å². The predicted octanol–water partition coefficient (Wildman–Crippen LogP) is 4.84. The van der Waals surface area contributed by atoms with Gasteiger partial charge < -0.3 is 25.5 Å². The smallest absolute Gasteiger partial charge is 0.319 e. The molecule has 0 spiro atoms. The molecule has 0 bridgehead atoms. The molecule has 1 aromatic heterocycles. The van der Waals surface area contributed by atoms with Crippen LogP contribution < -0.4 is 15.5 Å². The zero-order valence-electron chi connectivity index (χ0n) is 22.0. The molecule has 9 nitrogen and oxygen atoms in total. The highest BCUT2D eigenvalue weighted by Crippen LogP contribution is 2.39. The van der Waals surface area contributed by atoms with E-state index in [4.69, 9.17) is 9.94 Å². The molecule has 210 valence electrons. The molecule has 3 N–H and O–H groups in total. The van der Waals surface area contributed by atoms with Crippen molar-refractivity contribution in [1.82, 2.24) is 15.3 Å². The van der Waals surface area contributed by atoms with Crippen LogP contribution in [0.15, 0.2) is 29.7 Å². The average molecular weight is 543 g/mol. The van der Waals surface area contributed by atoms with Crippen LogP contribution in [0.25, 0.3) is 0 Å². The number of oxime groups is 1. The Morgan fingerprint density at radius 1 is 1.03 bits per heavy atom. The quantitative estimate of drug-likeness (QED) is 0.309. The molecule has 3 aliphatic rings. The van der Waals surface area contributed by atoms with Crippen molar-refractivity contribution >= 4 is 23.4 Å². The van der Waals surface area contributed by atoms with Gasteiger partial charge in [0.2, 0.25) is 5.95 Å². The normalized spacial score (nSPS) is 20.0. The summed E-state index contributed by atoms with van der Waals surface area (Å²) in [5.74, 6) is 0.0825. The van der Waals surface area contributed by atoms with Crippen LogP contribution in [0.1, 0.15) is 80.8 Å². The number of nitrogens with one attached hydrogen (secondary N) is 2. The lowest BCUT2D eigenvalue weighted by molar-refractivity contribution is 0.0406. The lowest BCUT2D eigenvalue weighted by Crippen LogP contribution is -2.37. The molecular weight excluding hydrogens is 506 g/mol. The number of anilines is 2. The Kier molecular flexibility index (Phi) is 8.85. The molecule has 1 aliphatic heterocycles. The highest BCUT2D eigenvalue weighted by Gasteiger charge is 2.27. The van der Waals surface area contributed by atoms with Crippen LogP contribution >= 0.6 is 0 Å². The minimum absolute atomic E-state index is 0.0460. The first-order chi connectivity index (χ1) is 19.0. The third-order valence-electron chi connectivity index (χ3n) is 7.72. The van der Waals surface area contributed by atoms with E-state index in [1.54, 1.807) is 0 Å². The fourth-order valence-corrected chi connectivity index (χ4v) is 5.20. The van der Waals surface area contributed by atoms with Gasteiger partial charge in [0.05, 0.1) is 11.4 Å². The van der Waals surface area contributed by atoms with E-state index < -0.39 is 17.7 Å². The van der Waals surface area contributed by atoms with E-state index in [0.717, 1.165) is 43.7 Å². The third-order valence-corrected chi connectivity index (χ3v) is 7.72. The predicted molar refractivity (Wildman–Crippen MR) is 144 cm³/mol. The van der Waals surface area contributed by atoms with Crippen LogP contribution in [-0.2, 0) is 4.84 Å². The molecule has 2 heterocycles. The minimum atomic E-state index is -0.679. The highest BCUT2D eigenvalue weighted by molar-refractivity contribution is 5.89. The number of hydrogen-bond donors (Lipinski definition) is 3. The van der Waals surface area contributed by atoms with E-state index >= 15 is 0 Å². The number of carbonyl (C=O) groups is 1. The van der Waals surface area contributed by atoms with Crippen LogP contribution in [0.2, 0.25) is 0 Å². The molecule has 0 unspecified atom stereocenters. The van der Waals surface area contributed by atoms with Crippen molar-refractivity contribution in [3.05, 3.63) is 47.3 Å². The Balaban J connectivity index is 1.06. The van der Waals surface area contributed by atoms with Crippen LogP contribution in [-0.4, -0.2) is 59.2 Å². The Hall–Kier alpha value is -3.34. The van der Waals surface area contributed by atoms with Crippen molar-refractivity contribution in [3.8, 4) is 0 Å². The Labute approximate surface area is 227 Å². The van der Waals surface area contributed by atoms with Crippen molar-refractivity contribution < 1.29 is 23.5 Å². The maximum Gasteiger partial charge on any atom is 0.319 e. The number of piperidine rings is 1. The molecule has 2 amide bonds. The van der Waals surface area contributed by atoms with E-state index in [0.29, 0.717) is 43.6 Å². The summed E-state index contributed by atoms with van der Waals surface area (Å²) in [6.45, 7) is 1.81. The van der Waals surface area contributed by atoms with Gasteiger partial charge >= 0.3 is 6.03 Å². The van der Waals surface area contributed by atoms with Gasteiger partial charge in [0, 0.05) is 57.5 Å². The molecule has 5 rings (SSSR count). The fourth-order valence-electron chi connectivity index (χ4n) is 5.20. The summed E-state index contributed by atoms with van der Waals surface area (Å²) in [4.78, 5) is 29.0. The number of nitrogens with zero attached hydrogens (tertiary/aromatic N) is 4. The van der Waals surface area contributed by atoms with Crippen molar-refractivity contribution in [2.45, 2.75) is 75.7 Å². The molecule has 11 heteroatoms. The third kappa shape index (κ3) is 7.20. The van der Waals surface area contributed by atoms with Gasteiger partial charge in [0.1, 0.15) is 17.7 Å². The molecule has 2 aromatic rings. The van der Waals surface area contributed by atoms with Crippen molar-refractivity contribution in [3.63, 3.8) is 0 Å². The van der Waals surface area contributed by atoms with E-state index in [-0.39, 0.29) is 30.9 Å². The SMILES string of the molecule is O=C(NCCCO)Nc1cc(F)c(C2CCC(=NOC3CCN(c4ncc(C5CC5)cn4)CC3)CC2)cc1F. The summed E-state index contributed by atoms with van der Waals surface area (Å²) in [6.07, 6.45) is 11.1. The molecular formula is C28H36F2N6O3. The maximum atomic E-state index is 14.8. The van der Waals surface area contributed by atoms with Gasteiger partial charge in [-0.25, -0.2) is 23.5 Å². The van der Waals surface area contributed by atoms with E-state index in [2.05, 4.69) is 30.7 Å². The summed E-state index contributed by atoms with van der Waals surface area (Å²) >= 11 is 0. The molecule has 1 saturated heterocycles. The van der Waals surface area contributed by atoms with Crippen molar-refractivity contribution in [2.75, 3.05) is 36.5 Å². The largest absolute Gasteiger partial charge is 0.396 e. The van der Waals surface area contributed by atoms with Crippen LogP contribution in [0, 0.1) is 11.6 Å². The standard InChI is InChI=1S/C28H36F2N6O3/c29-24-15-26(34-28(38)31-10-1-13-37)25(30)14-23(24)19-4-6-21(7-5-19)35-39-22-8-11-36(12-9-22)27-32-16-20(17-33-27)18-2-3-18/h14-19,22,37H,1-13H2,(H2,31,34,38). The number of amides is 2. The zero-order valence-corrected chi connectivity index (χ0v) is 22.0. The van der Waals surface area contributed by atoms with Gasteiger partial charge in [-0.2, -0.15) is 0 Å². The number of aromatic nitrogens is 2. The summed E-state index contributed by atoms with van der Waals surface area (Å²) in [6, 6.07) is 1.57. The summed E-state index contributed by atoms with van der Waals surface area (Å²) < 4.78 is 29.5. The molecule has 39 heavy (non-hydrogen) atoms. The topological polar surface area (TPSA) is 112 Å². The van der Waals surface area contributed by atoms with Crippen LogP contribution in [0.3, 0.4) is 0 Å². The van der Waals surface area contributed by atoms with Gasteiger partial charge in [-0.15, -0.1) is 0 Å². The Bertz CT molecular complexity index is 1160. The van der Waals surface area contributed by atoms with Crippen LogP contribution in [0.4, 0.5) is 25.2 Å². The lowest BCUT2D eigenvalue weighted by atomic mass is 9.83. The van der Waals surface area contributed by atoms with Crippen molar-refractivity contribution in [2.24, 2.45) is 5.16 Å². The number of urea groups is 1. The first-order valence-electron chi connectivity index (χ1n) is 13.9. The number of aliphatic hydroxyl groups excluding tert-OH is 1.